The van der Waals surface area contributed by atoms with Crippen molar-refractivity contribution in [1.82, 2.24) is 5.32 Å². The van der Waals surface area contributed by atoms with Crippen LogP contribution in [0.1, 0.15) is 34.3 Å². The molecule has 1 heterocycles. The summed E-state index contributed by atoms with van der Waals surface area (Å²) in [6, 6.07) is 5.69. The zero-order valence-electron chi connectivity index (χ0n) is 12.4. The number of nitrogens with two attached hydrogens (primary N) is 1. The van der Waals surface area contributed by atoms with Crippen LogP contribution in [0.3, 0.4) is 0 Å². The largest absolute Gasteiger partial charge is 0.381 e. The van der Waals surface area contributed by atoms with Crippen LogP contribution >= 0.6 is 0 Å². The van der Waals surface area contributed by atoms with Gasteiger partial charge in [0.05, 0.1) is 12.1 Å². The Hall–Kier alpha value is -1.83. The van der Waals surface area contributed by atoms with E-state index in [-0.39, 0.29) is 12.5 Å². The van der Waals surface area contributed by atoms with Crippen molar-refractivity contribution in [1.29, 1.82) is 0 Å². The molecule has 1 aliphatic rings. The van der Waals surface area contributed by atoms with Crippen LogP contribution < -0.4 is 11.1 Å². The lowest BCUT2D eigenvalue weighted by atomic mass is 10.0. The molecule has 0 spiro atoms. The highest BCUT2D eigenvalue weighted by Crippen LogP contribution is 2.16. The summed E-state index contributed by atoms with van der Waals surface area (Å²) in [5.41, 5.74) is 7.79. The van der Waals surface area contributed by atoms with Crippen LogP contribution in [0.4, 0.5) is 0 Å². The van der Waals surface area contributed by atoms with E-state index in [2.05, 4.69) is 17.2 Å². The number of carbonyl (C=O) groups is 1. The minimum absolute atomic E-state index is 0.0704. The number of benzene rings is 1. The summed E-state index contributed by atoms with van der Waals surface area (Å²) in [4.78, 5) is 12.3. The third kappa shape index (κ3) is 4.59. The lowest BCUT2D eigenvalue weighted by Gasteiger charge is -2.10. The highest BCUT2D eigenvalue weighted by atomic mass is 16.5. The fourth-order valence-corrected chi connectivity index (χ4v) is 2.40. The molecule has 21 heavy (non-hydrogen) atoms. The van der Waals surface area contributed by atoms with Crippen molar-refractivity contribution in [2.45, 2.75) is 19.8 Å². The van der Waals surface area contributed by atoms with Crippen molar-refractivity contribution >= 4 is 5.91 Å². The summed E-state index contributed by atoms with van der Waals surface area (Å²) in [5, 5.41) is 2.98. The molecule has 1 unspecified atom stereocenters. The molecule has 3 N–H and O–H groups in total. The molecule has 112 valence electrons. The van der Waals surface area contributed by atoms with Gasteiger partial charge in [0.1, 0.15) is 0 Å². The molecule has 0 aromatic heterocycles. The number of aryl methyl sites for hydroxylation is 1. The van der Waals surface area contributed by atoms with Crippen LogP contribution in [0.5, 0.6) is 0 Å². The summed E-state index contributed by atoms with van der Waals surface area (Å²) in [6.45, 7) is 4.58. The van der Waals surface area contributed by atoms with Gasteiger partial charge in [-0.05, 0) is 37.8 Å². The smallest absolute Gasteiger partial charge is 0.252 e. The molecular formula is C17H22N2O2. The van der Waals surface area contributed by atoms with Gasteiger partial charge in [-0.15, -0.1) is 0 Å². The molecule has 1 aliphatic heterocycles. The van der Waals surface area contributed by atoms with Gasteiger partial charge in [0.2, 0.25) is 0 Å². The number of carbonyl (C=O) groups excluding carboxylic acids is 1. The third-order valence-corrected chi connectivity index (χ3v) is 3.61. The van der Waals surface area contributed by atoms with Crippen molar-refractivity contribution in [3.63, 3.8) is 0 Å². The zero-order valence-corrected chi connectivity index (χ0v) is 12.4. The van der Waals surface area contributed by atoms with E-state index in [0.717, 1.165) is 37.2 Å². The molecule has 2 rings (SSSR count). The molecular weight excluding hydrogens is 264 g/mol. The minimum atomic E-state index is -0.0704. The fourth-order valence-electron chi connectivity index (χ4n) is 2.40. The van der Waals surface area contributed by atoms with Gasteiger partial charge in [-0.1, -0.05) is 23.5 Å². The van der Waals surface area contributed by atoms with Gasteiger partial charge in [-0.2, -0.15) is 0 Å². The lowest BCUT2D eigenvalue weighted by molar-refractivity contribution is 0.0950. The number of ether oxygens (including phenoxy) is 1. The first-order chi connectivity index (χ1) is 10.2. The molecule has 1 aromatic rings. The summed E-state index contributed by atoms with van der Waals surface area (Å²) in [6.07, 6.45) is 2.05. The highest BCUT2D eigenvalue weighted by Gasteiger charge is 2.16. The Morgan fingerprint density at radius 3 is 3.10 bits per heavy atom. The molecule has 1 saturated heterocycles. The van der Waals surface area contributed by atoms with Gasteiger partial charge in [0.25, 0.3) is 5.91 Å². The standard InChI is InChI=1S/C17H22N2O2/c1-13-4-5-15(3-2-8-18)16(11-13)17(20)19-9-6-14-7-10-21-12-14/h4-5,11,14H,6-10,12,18H2,1H3,(H,19,20). The Labute approximate surface area is 126 Å². The van der Waals surface area contributed by atoms with Gasteiger partial charge in [0.15, 0.2) is 0 Å². The maximum Gasteiger partial charge on any atom is 0.252 e. The molecule has 0 saturated carbocycles. The first-order valence-corrected chi connectivity index (χ1v) is 7.36. The lowest BCUT2D eigenvalue weighted by Crippen LogP contribution is -2.27. The van der Waals surface area contributed by atoms with Crippen molar-refractivity contribution in [2.24, 2.45) is 11.7 Å². The van der Waals surface area contributed by atoms with Gasteiger partial charge < -0.3 is 15.8 Å². The molecule has 0 bridgehead atoms. The van der Waals surface area contributed by atoms with Gasteiger partial charge in [-0.25, -0.2) is 0 Å². The fraction of sp³-hybridized carbons (Fsp3) is 0.471. The van der Waals surface area contributed by atoms with E-state index < -0.39 is 0 Å². The van der Waals surface area contributed by atoms with Crippen LogP contribution in [0.15, 0.2) is 18.2 Å². The average molecular weight is 286 g/mol. The van der Waals surface area contributed by atoms with E-state index in [9.17, 15) is 4.79 Å². The second-order valence-electron chi connectivity index (χ2n) is 5.33. The molecule has 0 radical (unpaired) electrons. The van der Waals surface area contributed by atoms with Crippen LogP contribution in [0.2, 0.25) is 0 Å². The predicted molar refractivity (Wildman–Crippen MR) is 83.0 cm³/mol. The van der Waals surface area contributed by atoms with Crippen LogP contribution in [0.25, 0.3) is 0 Å². The molecule has 1 aromatic carbocycles. The van der Waals surface area contributed by atoms with Gasteiger partial charge in [-0.3, -0.25) is 4.79 Å². The van der Waals surface area contributed by atoms with Crippen LogP contribution in [-0.2, 0) is 4.74 Å². The highest BCUT2D eigenvalue weighted by molar-refractivity contribution is 5.96. The number of hydrogen-bond donors (Lipinski definition) is 2. The van der Waals surface area contributed by atoms with E-state index in [1.54, 1.807) is 0 Å². The number of nitrogens with one attached hydrogen (secondary N) is 1. The van der Waals surface area contributed by atoms with Crippen molar-refractivity contribution < 1.29 is 9.53 Å². The van der Waals surface area contributed by atoms with Gasteiger partial charge >= 0.3 is 0 Å². The van der Waals surface area contributed by atoms with Crippen LogP contribution in [0, 0.1) is 24.7 Å². The number of amides is 1. The second-order valence-corrected chi connectivity index (χ2v) is 5.33. The van der Waals surface area contributed by atoms with E-state index in [0.29, 0.717) is 18.0 Å². The number of rotatable bonds is 4. The molecule has 1 fully saturated rings. The summed E-state index contributed by atoms with van der Waals surface area (Å²) in [7, 11) is 0. The van der Waals surface area contributed by atoms with Crippen molar-refractivity contribution in [2.75, 3.05) is 26.3 Å². The molecule has 1 amide bonds. The Balaban J connectivity index is 1.98. The first kappa shape index (κ1) is 15.6. The van der Waals surface area contributed by atoms with Gasteiger partial charge in [0, 0.05) is 25.3 Å². The second kappa shape index (κ2) is 7.82. The van der Waals surface area contributed by atoms with E-state index >= 15 is 0 Å². The average Bonchev–Trinajstić information content (AvgIpc) is 2.99. The Morgan fingerprint density at radius 2 is 2.38 bits per heavy atom. The van der Waals surface area contributed by atoms with E-state index in [1.165, 1.54) is 0 Å². The Morgan fingerprint density at radius 1 is 1.52 bits per heavy atom. The Bertz CT molecular complexity index is 552. The van der Waals surface area contributed by atoms with Crippen molar-refractivity contribution in [3.8, 4) is 11.8 Å². The van der Waals surface area contributed by atoms with Crippen LogP contribution in [-0.4, -0.2) is 32.2 Å². The molecule has 1 atom stereocenters. The Kier molecular flexibility index (Phi) is 5.79. The third-order valence-electron chi connectivity index (χ3n) is 3.61. The normalized spacial score (nSPS) is 17.1. The minimum Gasteiger partial charge on any atom is -0.381 e. The molecule has 4 heteroatoms. The predicted octanol–water partition coefficient (Wildman–Crippen LogP) is 1.46. The maximum atomic E-state index is 12.3. The quantitative estimate of drug-likeness (QED) is 0.824. The molecule has 4 nitrogen and oxygen atoms in total. The summed E-state index contributed by atoms with van der Waals surface area (Å²) >= 11 is 0. The summed E-state index contributed by atoms with van der Waals surface area (Å²) < 4.78 is 5.34. The SMILES string of the molecule is Cc1ccc(C#CCN)c(C(=O)NCCC2CCOC2)c1. The monoisotopic (exact) mass is 286 g/mol. The number of hydrogen-bond acceptors (Lipinski definition) is 3. The van der Waals surface area contributed by atoms with Crippen molar-refractivity contribution in [3.05, 3.63) is 34.9 Å². The first-order valence-electron chi connectivity index (χ1n) is 7.36. The summed E-state index contributed by atoms with van der Waals surface area (Å²) in [5.74, 6) is 6.26. The topological polar surface area (TPSA) is 64.4 Å². The van der Waals surface area contributed by atoms with E-state index in [4.69, 9.17) is 10.5 Å². The zero-order chi connectivity index (χ0) is 15.1. The van der Waals surface area contributed by atoms with E-state index in [1.807, 2.05) is 25.1 Å². The maximum absolute atomic E-state index is 12.3. The molecule has 0 aliphatic carbocycles.